The zero-order chi connectivity index (χ0) is 10.1. The van der Waals surface area contributed by atoms with E-state index in [1.165, 1.54) is 13.2 Å². The number of aliphatic hydroxyl groups is 1. The van der Waals surface area contributed by atoms with Crippen LogP contribution in [0.2, 0.25) is 0 Å². The summed E-state index contributed by atoms with van der Waals surface area (Å²) in [6.07, 6.45) is 3.38. The SMILES string of the molecule is COc1ccc2c(c1F)C=CCC2O. The molecular weight excluding hydrogens is 183 g/mol. The number of ether oxygens (including phenoxy) is 1. The number of hydrogen-bond acceptors (Lipinski definition) is 2. The number of halogens is 1. The largest absolute Gasteiger partial charge is 0.494 e. The molecule has 0 spiro atoms. The number of methoxy groups -OCH3 is 1. The first-order chi connectivity index (χ1) is 6.74. The van der Waals surface area contributed by atoms with Crippen LogP contribution in [0.1, 0.15) is 23.7 Å². The molecule has 3 heteroatoms. The van der Waals surface area contributed by atoms with Crippen molar-refractivity contribution in [1.82, 2.24) is 0 Å². The fourth-order valence-corrected chi connectivity index (χ4v) is 1.65. The summed E-state index contributed by atoms with van der Waals surface area (Å²) < 4.78 is 18.5. The summed E-state index contributed by atoms with van der Waals surface area (Å²) in [4.78, 5) is 0. The molecule has 14 heavy (non-hydrogen) atoms. The Morgan fingerprint density at radius 3 is 3.00 bits per heavy atom. The Kier molecular flexibility index (Phi) is 2.25. The van der Waals surface area contributed by atoms with Crippen LogP contribution >= 0.6 is 0 Å². The van der Waals surface area contributed by atoms with Crippen LogP contribution < -0.4 is 4.74 Å². The molecule has 0 saturated carbocycles. The average molecular weight is 194 g/mol. The van der Waals surface area contributed by atoms with Crippen LogP contribution in [0.3, 0.4) is 0 Å². The molecular formula is C11H11FO2. The van der Waals surface area contributed by atoms with E-state index in [1.807, 2.05) is 0 Å². The summed E-state index contributed by atoms with van der Waals surface area (Å²) in [6, 6.07) is 3.24. The minimum absolute atomic E-state index is 0.211. The van der Waals surface area contributed by atoms with Gasteiger partial charge in [-0.05, 0) is 18.1 Å². The Hall–Kier alpha value is -1.35. The van der Waals surface area contributed by atoms with E-state index in [9.17, 15) is 9.50 Å². The first kappa shape index (κ1) is 9.21. The van der Waals surface area contributed by atoms with Crippen molar-refractivity contribution >= 4 is 6.08 Å². The molecule has 0 saturated heterocycles. The van der Waals surface area contributed by atoms with E-state index in [2.05, 4.69) is 0 Å². The van der Waals surface area contributed by atoms with E-state index in [1.54, 1.807) is 18.2 Å². The monoisotopic (exact) mass is 194 g/mol. The second-order valence-electron chi connectivity index (χ2n) is 3.24. The number of benzene rings is 1. The summed E-state index contributed by atoms with van der Waals surface area (Å²) in [7, 11) is 1.42. The van der Waals surface area contributed by atoms with E-state index in [4.69, 9.17) is 4.74 Å². The zero-order valence-corrected chi connectivity index (χ0v) is 7.83. The van der Waals surface area contributed by atoms with Crippen molar-refractivity contribution < 1.29 is 14.2 Å². The van der Waals surface area contributed by atoms with Crippen LogP contribution in [0.25, 0.3) is 6.08 Å². The number of rotatable bonds is 1. The third-order valence-electron chi connectivity index (χ3n) is 2.40. The molecule has 0 fully saturated rings. The van der Waals surface area contributed by atoms with Crippen molar-refractivity contribution in [3.05, 3.63) is 35.2 Å². The van der Waals surface area contributed by atoms with Gasteiger partial charge >= 0.3 is 0 Å². The van der Waals surface area contributed by atoms with E-state index >= 15 is 0 Å². The molecule has 1 aromatic rings. The molecule has 1 unspecified atom stereocenters. The van der Waals surface area contributed by atoms with Crippen molar-refractivity contribution in [2.75, 3.05) is 7.11 Å². The van der Waals surface area contributed by atoms with E-state index in [0.29, 0.717) is 17.5 Å². The van der Waals surface area contributed by atoms with Gasteiger partial charge in [0, 0.05) is 5.56 Å². The van der Waals surface area contributed by atoms with Gasteiger partial charge in [-0.3, -0.25) is 0 Å². The first-order valence-corrected chi connectivity index (χ1v) is 4.45. The lowest BCUT2D eigenvalue weighted by Crippen LogP contribution is -2.05. The van der Waals surface area contributed by atoms with E-state index < -0.39 is 11.9 Å². The fraction of sp³-hybridized carbons (Fsp3) is 0.273. The van der Waals surface area contributed by atoms with Gasteiger partial charge in [0.15, 0.2) is 11.6 Å². The number of fused-ring (bicyclic) bond motifs is 1. The topological polar surface area (TPSA) is 29.5 Å². The van der Waals surface area contributed by atoms with Gasteiger partial charge in [-0.15, -0.1) is 0 Å². The second-order valence-corrected chi connectivity index (χ2v) is 3.24. The van der Waals surface area contributed by atoms with Gasteiger partial charge in [0.25, 0.3) is 0 Å². The molecule has 2 rings (SSSR count). The lowest BCUT2D eigenvalue weighted by atomic mass is 9.94. The highest BCUT2D eigenvalue weighted by atomic mass is 19.1. The van der Waals surface area contributed by atoms with Crippen LogP contribution in [0, 0.1) is 5.82 Å². The number of aliphatic hydroxyl groups excluding tert-OH is 1. The van der Waals surface area contributed by atoms with Crippen molar-refractivity contribution in [3.63, 3.8) is 0 Å². The van der Waals surface area contributed by atoms with Crippen LogP contribution in [0.15, 0.2) is 18.2 Å². The van der Waals surface area contributed by atoms with Crippen LogP contribution in [0.5, 0.6) is 5.75 Å². The third-order valence-corrected chi connectivity index (χ3v) is 2.40. The number of hydrogen-bond donors (Lipinski definition) is 1. The Morgan fingerprint density at radius 2 is 2.29 bits per heavy atom. The molecule has 0 bridgehead atoms. The van der Waals surface area contributed by atoms with Gasteiger partial charge < -0.3 is 9.84 Å². The molecule has 0 aromatic heterocycles. The van der Waals surface area contributed by atoms with Gasteiger partial charge in [-0.2, -0.15) is 0 Å². The highest BCUT2D eigenvalue weighted by Gasteiger charge is 2.19. The Morgan fingerprint density at radius 1 is 1.50 bits per heavy atom. The average Bonchev–Trinajstić information content (AvgIpc) is 2.20. The lowest BCUT2D eigenvalue weighted by Gasteiger charge is -2.18. The summed E-state index contributed by atoms with van der Waals surface area (Å²) in [5.41, 5.74) is 1.06. The Bertz CT molecular complexity index is 385. The highest BCUT2D eigenvalue weighted by molar-refractivity contribution is 5.60. The van der Waals surface area contributed by atoms with Crippen LogP contribution in [-0.2, 0) is 0 Å². The molecule has 0 heterocycles. The van der Waals surface area contributed by atoms with Crippen LogP contribution in [-0.4, -0.2) is 12.2 Å². The normalized spacial score (nSPS) is 19.2. The molecule has 1 aromatic carbocycles. The lowest BCUT2D eigenvalue weighted by molar-refractivity contribution is 0.179. The van der Waals surface area contributed by atoms with Gasteiger partial charge in [0.2, 0.25) is 0 Å². The standard InChI is InChI=1S/C11H11FO2/c1-14-10-6-5-7-8(11(10)12)3-2-4-9(7)13/h2-3,5-6,9,13H,4H2,1H3. The van der Waals surface area contributed by atoms with Gasteiger partial charge in [0.1, 0.15) is 0 Å². The van der Waals surface area contributed by atoms with Gasteiger partial charge in [0.05, 0.1) is 13.2 Å². The van der Waals surface area contributed by atoms with Gasteiger partial charge in [-0.1, -0.05) is 18.2 Å². The smallest absolute Gasteiger partial charge is 0.172 e. The van der Waals surface area contributed by atoms with Crippen molar-refractivity contribution in [1.29, 1.82) is 0 Å². The fourth-order valence-electron chi connectivity index (χ4n) is 1.65. The quantitative estimate of drug-likeness (QED) is 0.743. The summed E-state index contributed by atoms with van der Waals surface area (Å²) in [6.45, 7) is 0. The second kappa shape index (κ2) is 3.42. The molecule has 74 valence electrons. The Labute approximate surface area is 81.6 Å². The maximum Gasteiger partial charge on any atom is 0.172 e. The minimum atomic E-state index is -0.601. The molecule has 1 atom stereocenters. The molecule has 1 N–H and O–H groups in total. The predicted octanol–water partition coefficient (Wildman–Crippen LogP) is 2.28. The van der Waals surface area contributed by atoms with Crippen molar-refractivity contribution in [2.24, 2.45) is 0 Å². The molecule has 1 aliphatic carbocycles. The molecule has 1 aliphatic rings. The summed E-state index contributed by atoms with van der Waals surface area (Å²) >= 11 is 0. The predicted molar refractivity (Wildman–Crippen MR) is 51.6 cm³/mol. The highest BCUT2D eigenvalue weighted by Crippen LogP contribution is 2.33. The van der Waals surface area contributed by atoms with Crippen LogP contribution in [0.4, 0.5) is 4.39 Å². The molecule has 2 nitrogen and oxygen atoms in total. The maximum absolute atomic E-state index is 13.6. The third kappa shape index (κ3) is 1.30. The van der Waals surface area contributed by atoms with Crippen molar-refractivity contribution in [3.8, 4) is 5.75 Å². The summed E-state index contributed by atoms with van der Waals surface area (Å²) in [5.74, 6) is -0.192. The summed E-state index contributed by atoms with van der Waals surface area (Å²) in [5, 5.41) is 9.59. The first-order valence-electron chi connectivity index (χ1n) is 4.45. The maximum atomic E-state index is 13.6. The molecule has 0 amide bonds. The molecule has 0 radical (unpaired) electrons. The van der Waals surface area contributed by atoms with E-state index in [0.717, 1.165) is 0 Å². The van der Waals surface area contributed by atoms with Gasteiger partial charge in [-0.25, -0.2) is 4.39 Å². The Balaban J connectivity index is 2.59. The molecule has 0 aliphatic heterocycles. The minimum Gasteiger partial charge on any atom is -0.494 e. The van der Waals surface area contributed by atoms with Crippen molar-refractivity contribution in [2.45, 2.75) is 12.5 Å². The van der Waals surface area contributed by atoms with E-state index in [-0.39, 0.29) is 5.75 Å². The zero-order valence-electron chi connectivity index (χ0n) is 7.83.